The maximum absolute atomic E-state index is 5.66. The predicted molar refractivity (Wildman–Crippen MR) is 64.4 cm³/mol. The van der Waals surface area contributed by atoms with Crippen LogP contribution in [0.25, 0.3) is 0 Å². The maximum Gasteiger partial charge on any atom is 0.0396 e. The summed E-state index contributed by atoms with van der Waals surface area (Å²) in [6.07, 6.45) is 0. The largest absolute Gasteiger partial charge is 0.384 e. The molecule has 0 aromatic heterocycles. The fourth-order valence-corrected chi connectivity index (χ4v) is 1.57. The third kappa shape index (κ3) is 2.91. The third-order valence-electron chi connectivity index (χ3n) is 2.15. The summed E-state index contributed by atoms with van der Waals surface area (Å²) in [6.45, 7) is 7.46. The molecule has 0 saturated carbocycles. The summed E-state index contributed by atoms with van der Waals surface area (Å²) >= 11 is 5.66. The van der Waals surface area contributed by atoms with Crippen molar-refractivity contribution in [2.45, 2.75) is 26.2 Å². The number of halogens is 1. The highest BCUT2D eigenvalue weighted by Gasteiger charge is 2.16. The van der Waals surface area contributed by atoms with E-state index in [1.165, 1.54) is 11.3 Å². The average Bonchev–Trinajstić information content (AvgIpc) is 2.14. The van der Waals surface area contributed by atoms with Gasteiger partial charge >= 0.3 is 0 Å². The van der Waals surface area contributed by atoms with E-state index in [0.29, 0.717) is 5.88 Å². The summed E-state index contributed by atoms with van der Waals surface area (Å²) in [5, 5.41) is 3.34. The van der Waals surface area contributed by atoms with E-state index in [9.17, 15) is 0 Å². The van der Waals surface area contributed by atoms with Crippen LogP contribution in [0, 0.1) is 0 Å². The number of rotatable bonds is 3. The van der Waals surface area contributed by atoms with Crippen LogP contribution in [-0.4, -0.2) is 12.4 Å². The van der Waals surface area contributed by atoms with E-state index in [0.717, 1.165) is 6.54 Å². The Morgan fingerprint density at radius 1 is 1.21 bits per heavy atom. The van der Waals surface area contributed by atoms with E-state index >= 15 is 0 Å². The van der Waals surface area contributed by atoms with Gasteiger partial charge in [0.05, 0.1) is 0 Å². The molecule has 14 heavy (non-hydrogen) atoms. The number of hydrogen-bond acceptors (Lipinski definition) is 1. The van der Waals surface area contributed by atoms with E-state index in [1.54, 1.807) is 0 Å². The summed E-state index contributed by atoms with van der Waals surface area (Å²) < 4.78 is 0. The lowest BCUT2D eigenvalue weighted by atomic mass is 9.86. The Labute approximate surface area is 91.5 Å². The molecule has 1 rings (SSSR count). The van der Waals surface area contributed by atoms with Gasteiger partial charge in [0.25, 0.3) is 0 Å². The van der Waals surface area contributed by atoms with Gasteiger partial charge in [-0.3, -0.25) is 0 Å². The van der Waals surface area contributed by atoms with E-state index in [-0.39, 0.29) is 5.41 Å². The molecule has 0 unspecified atom stereocenters. The van der Waals surface area contributed by atoms with Crippen molar-refractivity contribution in [1.82, 2.24) is 0 Å². The van der Waals surface area contributed by atoms with E-state index in [2.05, 4.69) is 44.3 Å². The zero-order valence-corrected chi connectivity index (χ0v) is 9.86. The van der Waals surface area contributed by atoms with Crippen molar-refractivity contribution in [2.75, 3.05) is 17.7 Å². The molecule has 1 nitrogen and oxygen atoms in total. The SMILES string of the molecule is CC(C)(C)c1ccccc1NCCCl. The molecular weight excluding hydrogens is 194 g/mol. The maximum atomic E-state index is 5.66. The van der Waals surface area contributed by atoms with Gasteiger partial charge in [0, 0.05) is 18.1 Å². The molecule has 0 aliphatic heterocycles. The van der Waals surface area contributed by atoms with E-state index in [4.69, 9.17) is 11.6 Å². The molecular formula is C12H18ClN. The number of benzene rings is 1. The quantitative estimate of drug-likeness (QED) is 0.753. The second kappa shape index (κ2) is 4.70. The Bertz CT molecular complexity index is 289. The summed E-state index contributed by atoms with van der Waals surface area (Å²) in [5.74, 6) is 0.637. The third-order valence-corrected chi connectivity index (χ3v) is 2.33. The summed E-state index contributed by atoms with van der Waals surface area (Å²) in [7, 11) is 0. The Hall–Kier alpha value is -0.690. The van der Waals surface area contributed by atoms with E-state index in [1.807, 2.05) is 6.07 Å². The highest BCUT2D eigenvalue weighted by molar-refractivity contribution is 6.18. The molecule has 0 radical (unpaired) electrons. The normalized spacial score (nSPS) is 11.4. The van der Waals surface area contributed by atoms with Crippen LogP contribution in [0.2, 0.25) is 0 Å². The molecule has 1 aromatic carbocycles. The minimum atomic E-state index is 0.176. The Kier molecular flexibility index (Phi) is 3.82. The standard InChI is InChI=1S/C12H18ClN/c1-12(2,3)10-6-4-5-7-11(10)14-9-8-13/h4-7,14H,8-9H2,1-3H3. The topological polar surface area (TPSA) is 12.0 Å². The van der Waals surface area contributed by atoms with Gasteiger partial charge in [-0.1, -0.05) is 39.0 Å². The predicted octanol–water partition coefficient (Wildman–Crippen LogP) is 3.63. The van der Waals surface area contributed by atoms with Crippen molar-refractivity contribution in [3.8, 4) is 0 Å². The van der Waals surface area contributed by atoms with Crippen molar-refractivity contribution < 1.29 is 0 Å². The van der Waals surface area contributed by atoms with Crippen LogP contribution in [0.15, 0.2) is 24.3 Å². The van der Waals surface area contributed by atoms with Crippen molar-refractivity contribution in [3.63, 3.8) is 0 Å². The van der Waals surface area contributed by atoms with Gasteiger partial charge in [0.1, 0.15) is 0 Å². The zero-order chi connectivity index (χ0) is 10.6. The van der Waals surface area contributed by atoms with Crippen LogP contribution in [0.3, 0.4) is 0 Å². The molecule has 0 aliphatic rings. The summed E-state index contributed by atoms with van der Waals surface area (Å²) in [4.78, 5) is 0. The van der Waals surface area contributed by atoms with Gasteiger partial charge in [0.15, 0.2) is 0 Å². The molecule has 0 amide bonds. The molecule has 2 heteroatoms. The Morgan fingerprint density at radius 2 is 1.86 bits per heavy atom. The first kappa shape index (κ1) is 11.4. The number of anilines is 1. The first-order valence-electron chi connectivity index (χ1n) is 4.95. The van der Waals surface area contributed by atoms with Crippen molar-refractivity contribution in [2.24, 2.45) is 0 Å². The Balaban J connectivity index is 2.92. The van der Waals surface area contributed by atoms with Crippen molar-refractivity contribution in [1.29, 1.82) is 0 Å². The van der Waals surface area contributed by atoms with Crippen LogP contribution in [0.1, 0.15) is 26.3 Å². The fraction of sp³-hybridized carbons (Fsp3) is 0.500. The summed E-state index contributed by atoms with van der Waals surface area (Å²) in [5.41, 5.74) is 2.71. The highest BCUT2D eigenvalue weighted by Crippen LogP contribution is 2.28. The second-order valence-electron chi connectivity index (χ2n) is 4.41. The molecule has 0 saturated heterocycles. The van der Waals surface area contributed by atoms with Crippen LogP contribution < -0.4 is 5.32 Å². The number of nitrogens with one attached hydrogen (secondary N) is 1. The number of para-hydroxylation sites is 1. The molecule has 78 valence electrons. The van der Waals surface area contributed by atoms with Crippen LogP contribution in [0.5, 0.6) is 0 Å². The van der Waals surface area contributed by atoms with Gasteiger partial charge in [0.2, 0.25) is 0 Å². The molecule has 0 aliphatic carbocycles. The van der Waals surface area contributed by atoms with Crippen LogP contribution >= 0.6 is 11.6 Å². The number of hydrogen-bond donors (Lipinski definition) is 1. The second-order valence-corrected chi connectivity index (χ2v) is 4.79. The van der Waals surface area contributed by atoms with Gasteiger partial charge in [-0.25, -0.2) is 0 Å². The van der Waals surface area contributed by atoms with Gasteiger partial charge < -0.3 is 5.32 Å². The van der Waals surface area contributed by atoms with Crippen LogP contribution in [-0.2, 0) is 5.41 Å². The van der Waals surface area contributed by atoms with Gasteiger partial charge in [-0.05, 0) is 17.0 Å². The smallest absolute Gasteiger partial charge is 0.0396 e. The zero-order valence-electron chi connectivity index (χ0n) is 9.10. The lowest BCUT2D eigenvalue weighted by molar-refractivity contribution is 0.592. The fourth-order valence-electron chi connectivity index (χ4n) is 1.47. The van der Waals surface area contributed by atoms with Gasteiger partial charge in [-0.2, -0.15) is 0 Å². The van der Waals surface area contributed by atoms with Gasteiger partial charge in [-0.15, -0.1) is 11.6 Å². The van der Waals surface area contributed by atoms with E-state index < -0.39 is 0 Å². The van der Waals surface area contributed by atoms with Crippen LogP contribution in [0.4, 0.5) is 5.69 Å². The average molecular weight is 212 g/mol. The molecule has 0 heterocycles. The first-order valence-corrected chi connectivity index (χ1v) is 5.48. The molecule has 0 fully saturated rings. The monoisotopic (exact) mass is 211 g/mol. The summed E-state index contributed by atoms with van der Waals surface area (Å²) in [6, 6.07) is 8.39. The molecule has 0 atom stereocenters. The molecule has 0 spiro atoms. The van der Waals surface area contributed by atoms with Crippen molar-refractivity contribution in [3.05, 3.63) is 29.8 Å². The molecule has 0 bridgehead atoms. The minimum absolute atomic E-state index is 0.176. The minimum Gasteiger partial charge on any atom is -0.384 e. The first-order chi connectivity index (χ1) is 6.55. The lowest BCUT2D eigenvalue weighted by Crippen LogP contribution is -2.15. The molecule has 1 N–H and O–H groups in total. The Morgan fingerprint density at radius 3 is 2.43 bits per heavy atom. The highest BCUT2D eigenvalue weighted by atomic mass is 35.5. The number of alkyl halides is 1. The molecule has 1 aromatic rings. The lowest BCUT2D eigenvalue weighted by Gasteiger charge is -2.23. The van der Waals surface area contributed by atoms with Crippen molar-refractivity contribution >= 4 is 17.3 Å².